The minimum Gasteiger partial charge on any atom is -0.443 e. The molecule has 0 aromatic carbocycles. The zero-order valence-electron chi connectivity index (χ0n) is 17.7. The zero-order chi connectivity index (χ0) is 21.3. The molecule has 1 aliphatic heterocycles. The summed E-state index contributed by atoms with van der Waals surface area (Å²) in [7, 11) is 0. The topological polar surface area (TPSA) is 94.4 Å². The molecule has 1 aliphatic carbocycles. The van der Waals surface area contributed by atoms with E-state index in [-0.39, 0.29) is 17.6 Å². The molecule has 9 nitrogen and oxygen atoms in total. The summed E-state index contributed by atoms with van der Waals surface area (Å²) in [5, 5.41) is 1.86. The maximum Gasteiger partial charge on any atom is 0.426 e. The summed E-state index contributed by atoms with van der Waals surface area (Å²) < 4.78 is 13.3. The summed E-state index contributed by atoms with van der Waals surface area (Å²) in [5.41, 5.74) is 3.46. The molecular weight excluding hydrogens is 408 g/mol. The summed E-state index contributed by atoms with van der Waals surface area (Å²) in [6.07, 6.45) is 8.14. The quantitative estimate of drug-likeness (QED) is 0.561. The lowest BCUT2D eigenvalue weighted by Crippen LogP contribution is -2.50. The van der Waals surface area contributed by atoms with Crippen LogP contribution in [0.25, 0.3) is 11.2 Å². The summed E-state index contributed by atoms with van der Waals surface area (Å²) in [4.78, 5) is 26.0. The van der Waals surface area contributed by atoms with E-state index in [9.17, 15) is 4.79 Å². The van der Waals surface area contributed by atoms with Gasteiger partial charge in [0.05, 0.1) is 12.4 Å². The van der Waals surface area contributed by atoms with Crippen LogP contribution in [0.3, 0.4) is 0 Å². The van der Waals surface area contributed by atoms with Crippen LogP contribution in [0.15, 0.2) is 6.33 Å². The van der Waals surface area contributed by atoms with Crippen LogP contribution in [0.2, 0.25) is 5.28 Å². The Morgan fingerprint density at radius 2 is 1.97 bits per heavy atom. The van der Waals surface area contributed by atoms with E-state index >= 15 is 0 Å². The van der Waals surface area contributed by atoms with Crippen LogP contribution in [0.1, 0.15) is 71.9 Å². The van der Waals surface area contributed by atoms with Gasteiger partial charge in [-0.05, 0) is 64.5 Å². The maximum atomic E-state index is 12.6. The van der Waals surface area contributed by atoms with Crippen molar-refractivity contribution in [3.63, 3.8) is 0 Å². The van der Waals surface area contributed by atoms with E-state index in [1.54, 1.807) is 11.3 Å². The van der Waals surface area contributed by atoms with Crippen molar-refractivity contribution in [2.24, 2.45) is 0 Å². The van der Waals surface area contributed by atoms with Gasteiger partial charge in [-0.1, -0.05) is 12.8 Å². The van der Waals surface area contributed by atoms with E-state index in [1.165, 1.54) is 0 Å². The molecule has 1 saturated heterocycles. The first-order valence-corrected chi connectivity index (χ1v) is 11.0. The van der Waals surface area contributed by atoms with Gasteiger partial charge in [0.15, 0.2) is 17.0 Å². The Kier molecular flexibility index (Phi) is 6.02. The van der Waals surface area contributed by atoms with Gasteiger partial charge in [-0.2, -0.15) is 9.97 Å². The first-order chi connectivity index (χ1) is 14.3. The van der Waals surface area contributed by atoms with Crippen LogP contribution in [0.4, 0.5) is 10.6 Å². The number of imidazole rings is 1. The molecule has 1 unspecified atom stereocenters. The highest BCUT2D eigenvalue weighted by atomic mass is 35.5. The van der Waals surface area contributed by atoms with Gasteiger partial charge >= 0.3 is 6.09 Å². The van der Waals surface area contributed by atoms with Crippen molar-refractivity contribution >= 4 is 34.7 Å². The molecule has 164 valence electrons. The predicted octanol–water partition coefficient (Wildman–Crippen LogP) is 4.37. The van der Waals surface area contributed by atoms with Crippen molar-refractivity contribution in [2.45, 2.75) is 83.6 Å². The third kappa shape index (κ3) is 4.62. The number of nitrogens with zero attached hydrogens (tertiary/aromatic N) is 5. The highest BCUT2D eigenvalue weighted by Crippen LogP contribution is 2.33. The molecule has 1 atom stereocenters. The molecule has 2 fully saturated rings. The third-order valence-electron chi connectivity index (χ3n) is 5.37. The van der Waals surface area contributed by atoms with Crippen LogP contribution in [0, 0.1) is 0 Å². The van der Waals surface area contributed by atoms with Crippen molar-refractivity contribution in [2.75, 3.05) is 11.6 Å². The number of aromatic nitrogens is 4. The predicted molar refractivity (Wildman–Crippen MR) is 113 cm³/mol. The largest absolute Gasteiger partial charge is 0.443 e. The highest BCUT2D eigenvalue weighted by Gasteiger charge is 2.31. The van der Waals surface area contributed by atoms with Crippen LogP contribution in [-0.4, -0.2) is 43.9 Å². The molecule has 1 amide bonds. The second-order valence-electron chi connectivity index (χ2n) is 8.88. The van der Waals surface area contributed by atoms with Gasteiger partial charge in [0.1, 0.15) is 11.8 Å². The Morgan fingerprint density at radius 1 is 1.23 bits per heavy atom. The second kappa shape index (κ2) is 8.55. The third-order valence-corrected chi connectivity index (χ3v) is 5.54. The summed E-state index contributed by atoms with van der Waals surface area (Å²) >= 11 is 6.31. The molecule has 0 bridgehead atoms. The van der Waals surface area contributed by atoms with E-state index in [0.29, 0.717) is 23.6 Å². The molecule has 2 aliphatic rings. The Bertz CT molecular complexity index is 900. The van der Waals surface area contributed by atoms with Crippen LogP contribution < -0.4 is 10.4 Å². The van der Waals surface area contributed by atoms with Crippen molar-refractivity contribution in [3.8, 4) is 0 Å². The monoisotopic (exact) mass is 436 g/mol. The van der Waals surface area contributed by atoms with Gasteiger partial charge in [0.2, 0.25) is 5.28 Å². The van der Waals surface area contributed by atoms with Crippen LogP contribution in [0.5, 0.6) is 0 Å². The number of ether oxygens (including phenoxy) is 2. The minimum absolute atomic E-state index is 0.0859. The van der Waals surface area contributed by atoms with Gasteiger partial charge < -0.3 is 9.47 Å². The van der Waals surface area contributed by atoms with Crippen LogP contribution in [-0.2, 0) is 9.47 Å². The second-order valence-corrected chi connectivity index (χ2v) is 9.22. The summed E-state index contributed by atoms with van der Waals surface area (Å²) in [5.74, 6) is 0.484. The smallest absolute Gasteiger partial charge is 0.426 e. The number of fused-ring (bicyclic) bond motifs is 1. The highest BCUT2D eigenvalue weighted by molar-refractivity contribution is 6.28. The van der Waals surface area contributed by atoms with Gasteiger partial charge in [0.25, 0.3) is 0 Å². The molecule has 3 heterocycles. The van der Waals surface area contributed by atoms with Gasteiger partial charge in [0, 0.05) is 6.61 Å². The van der Waals surface area contributed by atoms with E-state index < -0.39 is 11.7 Å². The van der Waals surface area contributed by atoms with E-state index in [0.717, 1.165) is 44.9 Å². The molecule has 30 heavy (non-hydrogen) atoms. The lowest BCUT2D eigenvalue weighted by Gasteiger charge is -2.31. The number of carbonyl (C=O) groups excluding carboxylic acids is 1. The standard InChI is InChI=1S/C20H29ClN6O3/c1-20(2,3)30-19(28)25-27(13-8-4-5-9-13)17-15-16(23-18(21)24-17)26(12-22-15)14-10-6-7-11-29-14/h12-14H,4-11H2,1-3H3,(H,25,28). The van der Waals surface area contributed by atoms with E-state index in [1.807, 2.05) is 25.3 Å². The lowest BCUT2D eigenvalue weighted by atomic mass is 10.2. The van der Waals surface area contributed by atoms with E-state index in [2.05, 4.69) is 20.4 Å². The fourth-order valence-corrected chi connectivity index (χ4v) is 4.24. The van der Waals surface area contributed by atoms with Gasteiger partial charge in [-0.3, -0.25) is 9.58 Å². The number of amides is 1. The Hall–Kier alpha value is -2.13. The fraction of sp³-hybridized carbons (Fsp3) is 0.700. The molecule has 0 spiro atoms. The molecule has 1 N–H and O–H groups in total. The maximum absolute atomic E-state index is 12.6. The Balaban J connectivity index is 1.71. The average molecular weight is 437 g/mol. The van der Waals surface area contributed by atoms with Crippen molar-refractivity contribution in [3.05, 3.63) is 11.6 Å². The molecule has 4 rings (SSSR count). The molecule has 10 heteroatoms. The molecule has 2 aromatic rings. The lowest BCUT2D eigenvalue weighted by molar-refractivity contribution is -0.0298. The zero-order valence-corrected chi connectivity index (χ0v) is 18.5. The van der Waals surface area contributed by atoms with Crippen molar-refractivity contribution in [1.29, 1.82) is 0 Å². The fourth-order valence-electron chi connectivity index (χ4n) is 4.08. The minimum atomic E-state index is -0.607. The van der Waals surface area contributed by atoms with Gasteiger partial charge in [-0.25, -0.2) is 15.2 Å². The average Bonchev–Trinajstić information content (AvgIpc) is 3.35. The Morgan fingerprint density at radius 3 is 2.63 bits per heavy atom. The number of nitrogens with one attached hydrogen (secondary N) is 1. The number of hydrogen-bond donors (Lipinski definition) is 1. The number of carbonyl (C=O) groups is 1. The molecular formula is C20H29ClN6O3. The van der Waals surface area contributed by atoms with Crippen LogP contribution >= 0.6 is 11.6 Å². The molecule has 1 saturated carbocycles. The number of halogens is 1. The first kappa shape index (κ1) is 21.1. The summed E-state index contributed by atoms with van der Waals surface area (Å²) in [6, 6.07) is 0.0859. The van der Waals surface area contributed by atoms with Crippen molar-refractivity contribution in [1.82, 2.24) is 24.9 Å². The number of anilines is 1. The summed E-state index contributed by atoms with van der Waals surface area (Å²) in [6.45, 7) is 6.21. The number of hydrazine groups is 1. The van der Waals surface area contributed by atoms with E-state index in [4.69, 9.17) is 21.1 Å². The number of hydrogen-bond acceptors (Lipinski definition) is 7. The SMILES string of the molecule is CC(C)(C)OC(=O)NN(c1nc(Cl)nc2c1ncn2C1CCCCO1)C1CCCC1. The number of rotatable bonds is 4. The normalized spacial score (nSPS) is 20.5. The van der Waals surface area contributed by atoms with Crippen molar-refractivity contribution < 1.29 is 14.3 Å². The molecule has 0 radical (unpaired) electrons. The first-order valence-electron chi connectivity index (χ1n) is 10.6. The van der Waals surface area contributed by atoms with Gasteiger partial charge in [-0.15, -0.1) is 0 Å². The Labute approximate surface area is 181 Å². The molecule has 2 aromatic heterocycles.